The van der Waals surface area contributed by atoms with Gasteiger partial charge in [0.05, 0.1) is 0 Å². The van der Waals surface area contributed by atoms with Crippen molar-refractivity contribution in [1.82, 2.24) is 9.55 Å². The normalized spacial score (nSPS) is 10.9. The average molecular weight is 353 g/mol. The van der Waals surface area contributed by atoms with Gasteiger partial charge in [-0.3, -0.25) is 9.36 Å². The molecule has 0 bridgehead atoms. The molecule has 1 aromatic carbocycles. The first-order valence-electron chi connectivity index (χ1n) is 8.56. The topological polar surface area (TPSA) is 34.9 Å². The summed E-state index contributed by atoms with van der Waals surface area (Å²) in [5.74, 6) is 0. The Labute approximate surface area is 152 Å². The van der Waals surface area contributed by atoms with E-state index in [1.54, 1.807) is 10.8 Å². The zero-order valence-corrected chi connectivity index (χ0v) is 14.9. The first-order chi connectivity index (χ1) is 12.2. The van der Waals surface area contributed by atoms with Gasteiger partial charge in [0, 0.05) is 34.3 Å². The Balaban J connectivity index is 2.05. The molecule has 4 heteroatoms. The maximum Gasteiger partial charge on any atom is 0.260 e. The molecule has 0 saturated heterocycles. The number of pyridine rings is 2. The van der Waals surface area contributed by atoms with Crippen LogP contribution in [0.25, 0.3) is 22.2 Å². The molecule has 0 atom stereocenters. The molecular weight excluding hydrogens is 332 g/mol. The summed E-state index contributed by atoms with van der Waals surface area (Å²) in [4.78, 5) is 17.5. The van der Waals surface area contributed by atoms with E-state index in [4.69, 9.17) is 11.6 Å². The monoisotopic (exact) mass is 352 g/mol. The van der Waals surface area contributed by atoms with E-state index in [9.17, 15) is 4.79 Å². The van der Waals surface area contributed by atoms with Crippen LogP contribution in [-0.2, 0) is 6.54 Å². The van der Waals surface area contributed by atoms with E-state index in [1.807, 2.05) is 48.5 Å². The third kappa shape index (κ3) is 3.83. The summed E-state index contributed by atoms with van der Waals surface area (Å²) in [6, 6.07) is 13.2. The number of benzene rings is 1. The van der Waals surface area contributed by atoms with E-state index < -0.39 is 0 Å². The Morgan fingerprint density at radius 1 is 1.08 bits per heavy atom. The number of fused-ring (bicyclic) bond motifs is 1. The van der Waals surface area contributed by atoms with E-state index in [1.165, 1.54) is 0 Å². The minimum absolute atomic E-state index is 0.0389. The molecule has 0 N–H and O–H groups in total. The van der Waals surface area contributed by atoms with Gasteiger partial charge in [0.15, 0.2) is 0 Å². The number of rotatable bonds is 7. The Morgan fingerprint density at radius 3 is 2.72 bits per heavy atom. The lowest BCUT2D eigenvalue weighted by Gasteiger charge is -2.13. The van der Waals surface area contributed by atoms with E-state index >= 15 is 0 Å². The van der Waals surface area contributed by atoms with E-state index in [0.29, 0.717) is 17.1 Å². The number of allylic oxidation sites excluding steroid dienone is 1. The van der Waals surface area contributed by atoms with Crippen molar-refractivity contribution in [1.29, 1.82) is 0 Å². The maximum atomic E-state index is 13.1. The van der Waals surface area contributed by atoms with Gasteiger partial charge in [-0.05, 0) is 43.5 Å². The van der Waals surface area contributed by atoms with Crippen LogP contribution in [0.1, 0.15) is 25.7 Å². The molecule has 0 fully saturated rings. The van der Waals surface area contributed by atoms with E-state index in [-0.39, 0.29) is 5.56 Å². The van der Waals surface area contributed by atoms with Crippen LogP contribution in [0.3, 0.4) is 0 Å². The number of hydrogen-bond acceptors (Lipinski definition) is 2. The lowest BCUT2D eigenvalue weighted by atomic mass is 10.1. The van der Waals surface area contributed by atoms with Crippen molar-refractivity contribution in [2.45, 2.75) is 32.2 Å². The molecule has 3 nitrogen and oxygen atoms in total. The fraction of sp³-hybridized carbons (Fsp3) is 0.238. The fourth-order valence-electron chi connectivity index (χ4n) is 3.02. The molecule has 0 amide bonds. The van der Waals surface area contributed by atoms with Gasteiger partial charge in [0.25, 0.3) is 5.56 Å². The van der Waals surface area contributed by atoms with Gasteiger partial charge in [-0.15, -0.1) is 6.58 Å². The number of hydrogen-bond donors (Lipinski definition) is 0. The molecule has 3 rings (SSSR count). The molecule has 0 aliphatic carbocycles. The minimum Gasteiger partial charge on any atom is -0.292 e. The number of halogens is 1. The molecule has 25 heavy (non-hydrogen) atoms. The molecule has 0 unspecified atom stereocenters. The van der Waals surface area contributed by atoms with Crippen LogP contribution >= 0.6 is 11.6 Å². The highest BCUT2D eigenvalue weighted by atomic mass is 35.5. The summed E-state index contributed by atoms with van der Waals surface area (Å²) < 4.78 is 1.78. The van der Waals surface area contributed by atoms with Crippen molar-refractivity contribution < 1.29 is 0 Å². The number of aromatic nitrogens is 2. The lowest BCUT2D eigenvalue weighted by Crippen LogP contribution is -2.23. The largest absolute Gasteiger partial charge is 0.292 e. The van der Waals surface area contributed by atoms with Gasteiger partial charge in [0.1, 0.15) is 5.65 Å². The second kappa shape index (κ2) is 8.13. The summed E-state index contributed by atoms with van der Waals surface area (Å²) in [5, 5.41) is 1.53. The van der Waals surface area contributed by atoms with Crippen LogP contribution in [0.5, 0.6) is 0 Å². The Hall–Kier alpha value is -2.39. The highest BCUT2D eigenvalue weighted by Crippen LogP contribution is 2.27. The predicted octanol–water partition coefficient (Wildman–Crippen LogP) is 5.46. The third-order valence-electron chi connectivity index (χ3n) is 4.30. The van der Waals surface area contributed by atoms with Crippen molar-refractivity contribution in [2.24, 2.45) is 0 Å². The third-order valence-corrected chi connectivity index (χ3v) is 4.63. The predicted molar refractivity (Wildman–Crippen MR) is 105 cm³/mol. The van der Waals surface area contributed by atoms with Crippen molar-refractivity contribution in [3.05, 3.63) is 76.7 Å². The minimum atomic E-state index is -0.0389. The first-order valence-corrected chi connectivity index (χ1v) is 8.94. The Bertz CT molecular complexity index is 946. The summed E-state index contributed by atoms with van der Waals surface area (Å²) in [7, 11) is 0. The zero-order chi connectivity index (χ0) is 17.6. The zero-order valence-electron chi connectivity index (χ0n) is 14.1. The molecule has 0 aliphatic heterocycles. The Kier molecular flexibility index (Phi) is 5.67. The van der Waals surface area contributed by atoms with Crippen molar-refractivity contribution in [3.63, 3.8) is 0 Å². The molecular formula is C21H21ClN2O. The van der Waals surface area contributed by atoms with Crippen LogP contribution in [-0.4, -0.2) is 9.55 Å². The molecule has 0 spiro atoms. The summed E-state index contributed by atoms with van der Waals surface area (Å²) in [6.07, 6.45) is 7.75. The van der Waals surface area contributed by atoms with E-state index in [2.05, 4.69) is 11.6 Å². The van der Waals surface area contributed by atoms with Gasteiger partial charge in [-0.2, -0.15) is 0 Å². The fourth-order valence-corrected chi connectivity index (χ4v) is 3.26. The summed E-state index contributed by atoms with van der Waals surface area (Å²) in [6.45, 7) is 4.40. The van der Waals surface area contributed by atoms with Crippen LogP contribution in [0, 0.1) is 0 Å². The van der Waals surface area contributed by atoms with Gasteiger partial charge < -0.3 is 0 Å². The smallest absolute Gasteiger partial charge is 0.260 e. The van der Waals surface area contributed by atoms with Crippen molar-refractivity contribution in [2.75, 3.05) is 0 Å². The van der Waals surface area contributed by atoms with Gasteiger partial charge in [0.2, 0.25) is 0 Å². The molecule has 3 aromatic rings. The number of aryl methyl sites for hydroxylation is 1. The second-order valence-corrected chi connectivity index (χ2v) is 6.46. The number of nitrogens with zero attached hydrogens (tertiary/aromatic N) is 2. The van der Waals surface area contributed by atoms with Gasteiger partial charge >= 0.3 is 0 Å². The van der Waals surface area contributed by atoms with Crippen LogP contribution in [0.2, 0.25) is 5.02 Å². The number of unbranched alkanes of at least 4 members (excludes halogenated alkanes) is 3. The first kappa shape index (κ1) is 17.4. The standard InChI is InChI=1S/C21H21ClN2O/c1-2-3-4-5-8-14-24-20-16(10-9-13-23-20)15-18(21(24)25)17-11-6-7-12-19(17)22/h2,6-7,9-13,15H,1,3-5,8,14H2. The van der Waals surface area contributed by atoms with Crippen molar-refractivity contribution >= 4 is 22.6 Å². The van der Waals surface area contributed by atoms with Crippen molar-refractivity contribution in [3.8, 4) is 11.1 Å². The van der Waals surface area contributed by atoms with Gasteiger partial charge in [-0.1, -0.05) is 42.3 Å². The molecule has 0 radical (unpaired) electrons. The molecule has 2 heterocycles. The average Bonchev–Trinajstić information content (AvgIpc) is 2.63. The van der Waals surface area contributed by atoms with Crippen LogP contribution < -0.4 is 5.56 Å². The Morgan fingerprint density at radius 2 is 1.92 bits per heavy atom. The van der Waals surface area contributed by atoms with E-state index in [0.717, 1.165) is 42.3 Å². The SMILES string of the molecule is C=CCCCCCn1c(=O)c(-c2ccccc2Cl)cc2cccnc21. The highest BCUT2D eigenvalue weighted by Gasteiger charge is 2.13. The summed E-state index contributed by atoms with van der Waals surface area (Å²) >= 11 is 6.32. The van der Waals surface area contributed by atoms with Gasteiger partial charge in [-0.25, -0.2) is 4.98 Å². The molecule has 0 aliphatic rings. The molecule has 0 saturated carbocycles. The maximum absolute atomic E-state index is 13.1. The summed E-state index contributed by atoms with van der Waals surface area (Å²) in [5.41, 5.74) is 2.08. The lowest BCUT2D eigenvalue weighted by molar-refractivity contribution is 0.588. The molecule has 128 valence electrons. The molecule has 2 aromatic heterocycles. The highest BCUT2D eigenvalue weighted by molar-refractivity contribution is 6.33. The second-order valence-electron chi connectivity index (χ2n) is 6.05. The van der Waals surface area contributed by atoms with Crippen LogP contribution in [0.4, 0.5) is 0 Å². The quantitative estimate of drug-likeness (QED) is 0.418. The van der Waals surface area contributed by atoms with Crippen LogP contribution in [0.15, 0.2) is 66.1 Å².